The number of aromatic nitrogens is 1. The van der Waals surface area contributed by atoms with Gasteiger partial charge >= 0.3 is 0 Å². The van der Waals surface area contributed by atoms with E-state index in [1.165, 1.54) is 4.88 Å². The fourth-order valence-electron chi connectivity index (χ4n) is 1.84. The van der Waals surface area contributed by atoms with Crippen LogP contribution in [0.4, 0.5) is 0 Å². The van der Waals surface area contributed by atoms with Crippen LogP contribution in [0.5, 0.6) is 0 Å². The number of hydrogen-bond acceptors (Lipinski definition) is 4. The van der Waals surface area contributed by atoms with Crippen LogP contribution in [0.2, 0.25) is 0 Å². The summed E-state index contributed by atoms with van der Waals surface area (Å²) in [6, 6.07) is 0. The molecule has 1 aromatic rings. The minimum Gasteiger partial charge on any atom is -0.357 e. The van der Waals surface area contributed by atoms with Gasteiger partial charge in [0.2, 0.25) is 0 Å². The summed E-state index contributed by atoms with van der Waals surface area (Å²) in [7, 11) is 0. The van der Waals surface area contributed by atoms with E-state index in [0.717, 1.165) is 43.7 Å². The van der Waals surface area contributed by atoms with Crippen LogP contribution < -0.4 is 10.6 Å². The number of nitrogens with one attached hydrogen (secondary N) is 2. The van der Waals surface area contributed by atoms with Crippen LogP contribution in [-0.4, -0.2) is 48.6 Å². The first-order chi connectivity index (χ1) is 9.69. The second-order valence-corrected chi connectivity index (χ2v) is 5.83. The van der Waals surface area contributed by atoms with E-state index >= 15 is 0 Å². The lowest BCUT2D eigenvalue weighted by Gasteiger charge is -2.19. The molecule has 5 nitrogen and oxygen atoms in total. The van der Waals surface area contributed by atoms with Crippen LogP contribution in [0.25, 0.3) is 0 Å². The lowest BCUT2D eigenvalue weighted by molar-refractivity contribution is 0.308. The zero-order valence-electron chi connectivity index (χ0n) is 13.5. The molecule has 21 heavy (non-hydrogen) atoms. The molecule has 0 radical (unpaired) electrons. The van der Waals surface area contributed by atoms with Gasteiger partial charge in [-0.1, -0.05) is 13.8 Å². The average Bonchev–Trinajstić information content (AvgIpc) is 2.86. The van der Waals surface area contributed by atoms with Crippen molar-refractivity contribution < 1.29 is 0 Å². The molecule has 0 atom stereocenters. The zero-order chi connectivity index (χ0) is 14.8. The van der Waals surface area contributed by atoms with Crippen molar-refractivity contribution in [2.75, 3.05) is 32.7 Å². The predicted molar refractivity (Wildman–Crippen MR) is 103 cm³/mol. The Morgan fingerprint density at radius 3 is 2.52 bits per heavy atom. The number of likely N-dealkylation sites (N-methyl/N-ethyl adjacent to an activating group) is 1. The lowest BCUT2D eigenvalue weighted by atomic mass is 10.4. The van der Waals surface area contributed by atoms with Crippen molar-refractivity contribution in [1.82, 2.24) is 20.5 Å². The van der Waals surface area contributed by atoms with E-state index in [4.69, 9.17) is 0 Å². The van der Waals surface area contributed by atoms with Gasteiger partial charge in [-0.25, -0.2) is 9.98 Å². The van der Waals surface area contributed by atoms with E-state index in [1.807, 2.05) is 6.20 Å². The molecule has 0 unspecified atom stereocenters. The molecule has 1 aromatic heterocycles. The Labute approximate surface area is 149 Å². The van der Waals surface area contributed by atoms with Crippen LogP contribution in [0.15, 0.2) is 11.2 Å². The third-order valence-corrected chi connectivity index (χ3v) is 3.90. The van der Waals surface area contributed by atoms with Gasteiger partial charge in [0, 0.05) is 30.7 Å². The number of guanidine groups is 1. The number of halogens is 1. The summed E-state index contributed by atoms with van der Waals surface area (Å²) in [4.78, 5) is 12.5. The summed E-state index contributed by atoms with van der Waals surface area (Å²) in [6.45, 7) is 14.1. The van der Waals surface area contributed by atoms with Gasteiger partial charge < -0.3 is 15.5 Å². The Kier molecular flexibility index (Phi) is 11.9. The second kappa shape index (κ2) is 12.2. The van der Waals surface area contributed by atoms with Crippen molar-refractivity contribution in [3.63, 3.8) is 0 Å². The van der Waals surface area contributed by atoms with Crippen molar-refractivity contribution in [1.29, 1.82) is 0 Å². The van der Waals surface area contributed by atoms with Crippen molar-refractivity contribution in [2.24, 2.45) is 4.99 Å². The molecule has 1 heterocycles. The van der Waals surface area contributed by atoms with Gasteiger partial charge in [0.15, 0.2) is 5.96 Å². The zero-order valence-corrected chi connectivity index (χ0v) is 16.6. The number of thiazole rings is 1. The molecule has 0 aromatic carbocycles. The molecule has 0 saturated heterocycles. The summed E-state index contributed by atoms with van der Waals surface area (Å²) >= 11 is 1.70. The summed E-state index contributed by atoms with van der Waals surface area (Å²) in [5, 5.41) is 7.70. The normalized spacial score (nSPS) is 11.4. The molecule has 0 saturated carbocycles. The highest BCUT2D eigenvalue weighted by molar-refractivity contribution is 14.0. The first kappa shape index (κ1) is 20.6. The number of aliphatic imine (C=N–C) groups is 1. The molecule has 0 aliphatic rings. The molecule has 122 valence electrons. The molecule has 0 amide bonds. The van der Waals surface area contributed by atoms with Crippen LogP contribution >= 0.6 is 35.3 Å². The van der Waals surface area contributed by atoms with Gasteiger partial charge in [0.1, 0.15) is 5.01 Å². The molecule has 0 bridgehead atoms. The second-order valence-electron chi connectivity index (χ2n) is 4.51. The Bertz CT molecular complexity index is 404. The minimum absolute atomic E-state index is 0. The minimum atomic E-state index is 0. The van der Waals surface area contributed by atoms with Gasteiger partial charge in [0.25, 0.3) is 0 Å². The SMILES string of the molecule is CCNC(=NCc1ncc(C)s1)NCCN(CC)CC.I. The maximum Gasteiger partial charge on any atom is 0.191 e. The van der Waals surface area contributed by atoms with Crippen molar-refractivity contribution in [2.45, 2.75) is 34.2 Å². The Morgan fingerprint density at radius 2 is 2.00 bits per heavy atom. The molecule has 1 rings (SSSR count). The number of hydrogen-bond donors (Lipinski definition) is 2. The highest BCUT2D eigenvalue weighted by Crippen LogP contribution is 2.11. The third-order valence-electron chi connectivity index (χ3n) is 3.00. The average molecular weight is 425 g/mol. The summed E-state index contributed by atoms with van der Waals surface area (Å²) in [6.07, 6.45) is 1.90. The monoisotopic (exact) mass is 425 g/mol. The topological polar surface area (TPSA) is 52.6 Å². The van der Waals surface area contributed by atoms with Crippen molar-refractivity contribution in [3.8, 4) is 0 Å². The van der Waals surface area contributed by atoms with Crippen LogP contribution in [0.3, 0.4) is 0 Å². The highest BCUT2D eigenvalue weighted by Gasteiger charge is 2.02. The van der Waals surface area contributed by atoms with Crippen molar-refractivity contribution >= 4 is 41.3 Å². The standard InChI is InChI=1S/C14H27N5S.HI/c1-5-15-14(16-8-9-19(6-2)7-3)18-11-13-17-10-12(4)20-13;/h10H,5-9,11H2,1-4H3,(H2,15,16,18);1H. The first-order valence-electron chi connectivity index (χ1n) is 7.35. The van der Waals surface area contributed by atoms with E-state index in [9.17, 15) is 0 Å². The van der Waals surface area contributed by atoms with Crippen LogP contribution in [0, 0.1) is 6.92 Å². The van der Waals surface area contributed by atoms with Gasteiger partial charge in [-0.05, 0) is 26.9 Å². The van der Waals surface area contributed by atoms with E-state index in [1.54, 1.807) is 11.3 Å². The number of aryl methyl sites for hydroxylation is 1. The van der Waals surface area contributed by atoms with Gasteiger partial charge in [-0.2, -0.15) is 0 Å². The smallest absolute Gasteiger partial charge is 0.191 e. The Balaban J connectivity index is 0.00000400. The lowest BCUT2D eigenvalue weighted by Crippen LogP contribution is -2.41. The molecule has 0 aliphatic carbocycles. The van der Waals surface area contributed by atoms with E-state index in [0.29, 0.717) is 6.54 Å². The molecular formula is C14H28IN5S. The molecular weight excluding hydrogens is 397 g/mol. The fourth-order valence-corrected chi connectivity index (χ4v) is 2.55. The Morgan fingerprint density at radius 1 is 1.29 bits per heavy atom. The maximum absolute atomic E-state index is 4.57. The van der Waals surface area contributed by atoms with Crippen molar-refractivity contribution in [3.05, 3.63) is 16.1 Å². The van der Waals surface area contributed by atoms with Gasteiger partial charge in [-0.15, -0.1) is 35.3 Å². The summed E-state index contributed by atoms with van der Waals surface area (Å²) in [5.41, 5.74) is 0. The van der Waals surface area contributed by atoms with E-state index in [2.05, 4.69) is 53.2 Å². The van der Waals surface area contributed by atoms with E-state index in [-0.39, 0.29) is 24.0 Å². The summed E-state index contributed by atoms with van der Waals surface area (Å²) in [5.74, 6) is 0.868. The highest BCUT2D eigenvalue weighted by atomic mass is 127. The largest absolute Gasteiger partial charge is 0.357 e. The van der Waals surface area contributed by atoms with Crippen LogP contribution in [0.1, 0.15) is 30.7 Å². The van der Waals surface area contributed by atoms with Gasteiger partial charge in [0.05, 0.1) is 6.54 Å². The van der Waals surface area contributed by atoms with E-state index < -0.39 is 0 Å². The first-order valence-corrected chi connectivity index (χ1v) is 8.17. The summed E-state index contributed by atoms with van der Waals surface area (Å²) < 4.78 is 0. The number of nitrogens with zero attached hydrogens (tertiary/aromatic N) is 3. The molecule has 0 aliphatic heterocycles. The Hall–Kier alpha value is -0.410. The third kappa shape index (κ3) is 8.57. The molecule has 0 spiro atoms. The van der Waals surface area contributed by atoms with Gasteiger partial charge in [-0.3, -0.25) is 0 Å². The maximum atomic E-state index is 4.57. The van der Waals surface area contributed by atoms with Crippen LogP contribution in [-0.2, 0) is 6.54 Å². The molecule has 7 heteroatoms. The number of rotatable bonds is 8. The fraction of sp³-hybridized carbons (Fsp3) is 0.714. The quantitative estimate of drug-likeness (QED) is 0.382. The molecule has 2 N–H and O–H groups in total. The molecule has 0 fully saturated rings. The predicted octanol–water partition coefficient (Wildman–Crippen LogP) is 2.47.